The number of hydrogen-bond donors (Lipinski definition) is 1. The van der Waals surface area contributed by atoms with Gasteiger partial charge >= 0.3 is 5.76 Å². The van der Waals surface area contributed by atoms with Crippen molar-refractivity contribution in [3.8, 4) is 0 Å². The topological polar surface area (TPSA) is 105 Å². The number of oxazole rings is 1. The molecular formula is C27H33ClN4O5S. The number of hydrogen-bond acceptors (Lipinski definition) is 6. The fraction of sp³-hybridized carbons (Fsp3) is 0.481. The van der Waals surface area contributed by atoms with Crippen molar-refractivity contribution in [3.63, 3.8) is 0 Å². The van der Waals surface area contributed by atoms with Crippen LogP contribution in [0, 0.1) is 5.41 Å². The van der Waals surface area contributed by atoms with Gasteiger partial charge in [-0.1, -0.05) is 17.7 Å². The Balaban J connectivity index is 1.21. The van der Waals surface area contributed by atoms with Gasteiger partial charge in [-0.3, -0.25) is 14.3 Å². The Hall–Kier alpha value is -2.66. The third-order valence-electron chi connectivity index (χ3n) is 7.90. The lowest BCUT2D eigenvalue weighted by Gasteiger charge is -2.39. The number of aryl methyl sites for hydroxylation is 1. The lowest BCUT2D eigenvalue weighted by molar-refractivity contribution is -0.117. The molecule has 2 aromatic carbocycles. The summed E-state index contributed by atoms with van der Waals surface area (Å²) in [7, 11) is -3.69. The second kappa shape index (κ2) is 9.82. The zero-order chi connectivity index (χ0) is 27.3. The Kier molecular flexibility index (Phi) is 6.96. The van der Waals surface area contributed by atoms with Crippen molar-refractivity contribution in [1.29, 1.82) is 0 Å². The molecule has 1 spiro atoms. The third-order valence-corrected chi connectivity index (χ3v) is 10.2. The Morgan fingerprint density at radius 2 is 1.87 bits per heavy atom. The zero-order valence-electron chi connectivity index (χ0n) is 21.9. The maximum absolute atomic E-state index is 13.5. The number of aromatic nitrogens is 1. The molecule has 3 aromatic rings. The van der Waals surface area contributed by atoms with Crippen molar-refractivity contribution in [2.75, 3.05) is 31.5 Å². The molecule has 204 valence electrons. The van der Waals surface area contributed by atoms with Crippen LogP contribution >= 0.6 is 11.6 Å². The molecule has 0 unspecified atom stereocenters. The highest BCUT2D eigenvalue weighted by atomic mass is 35.5. The standard InChI is InChI=1S/C27H33ClN4O5S/c1-4-31-22-9-8-20(15-23(22)37-25(31)34)29-24(33)16-30-12-10-27(11-13-30)17-26(2,3)32(18-27)38(35,36)21-7-5-6-19(28)14-21/h5-9,14-15H,4,10-13,16-18H2,1-3H3,(H,29,33). The molecule has 0 saturated carbocycles. The quantitative estimate of drug-likeness (QED) is 0.485. The fourth-order valence-electron chi connectivity index (χ4n) is 6.11. The number of carbonyl (C=O) groups is 1. The number of benzene rings is 2. The van der Waals surface area contributed by atoms with Crippen molar-refractivity contribution in [3.05, 3.63) is 58.0 Å². The van der Waals surface area contributed by atoms with Crippen LogP contribution in [-0.4, -0.2) is 59.8 Å². The SMILES string of the molecule is CCn1c(=O)oc2cc(NC(=O)CN3CCC4(CC3)CN(S(=O)(=O)c3cccc(Cl)c3)C(C)(C)C4)ccc21. The Morgan fingerprint density at radius 3 is 2.55 bits per heavy atom. The molecule has 1 N–H and O–H groups in total. The van der Waals surface area contributed by atoms with Crippen LogP contribution in [0.5, 0.6) is 0 Å². The van der Waals surface area contributed by atoms with E-state index >= 15 is 0 Å². The van der Waals surface area contributed by atoms with E-state index in [1.807, 2.05) is 20.8 Å². The number of piperidine rings is 1. The lowest BCUT2D eigenvalue weighted by atomic mass is 9.74. The predicted molar refractivity (Wildman–Crippen MR) is 147 cm³/mol. The van der Waals surface area contributed by atoms with Gasteiger partial charge in [-0.15, -0.1) is 0 Å². The number of nitrogens with zero attached hydrogens (tertiary/aromatic N) is 3. The second-order valence-corrected chi connectivity index (χ2v) is 13.4. The van der Waals surface area contributed by atoms with Crippen LogP contribution in [0.25, 0.3) is 11.1 Å². The summed E-state index contributed by atoms with van der Waals surface area (Å²) in [5.41, 5.74) is 1.06. The van der Waals surface area contributed by atoms with Gasteiger partial charge in [0.25, 0.3) is 0 Å². The summed E-state index contributed by atoms with van der Waals surface area (Å²) in [5, 5.41) is 3.30. The first-order valence-corrected chi connectivity index (χ1v) is 14.7. The van der Waals surface area contributed by atoms with Crippen molar-refractivity contribution in [2.24, 2.45) is 5.41 Å². The fourth-order valence-corrected chi connectivity index (χ4v) is 8.31. The van der Waals surface area contributed by atoms with Crippen molar-refractivity contribution in [2.45, 2.75) is 57.0 Å². The number of anilines is 1. The highest BCUT2D eigenvalue weighted by Crippen LogP contribution is 2.49. The summed E-state index contributed by atoms with van der Waals surface area (Å²) in [6, 6.07) is 11.6. The minimum absolute atomic E-state index is 0.128. The summed E-state index contributed by atoms with van der Waals surface area (Å²) in [6.07, 6.45) is 2.39. The van der Waals surface area contributed by atoms with Crippen molar-refractivity contribution in [1.82, 2.24) is 13.8 Å². The number of likely N-dealkylation sites (tertiary alicyclic amines) is 1. The predicted octanol–water partition coefficient (Wildman–Crippen LogP) is 4.16. The molecule has 0 aliphatic carbocycles. The number of fused-ring (bicyclic) bond motifs is 1. The smallest absolute Gasteiger partial charge is 0.408 e. The first kappa shape index (κ1) is 26.9. The van der Waals surface area contributed by atoms with Gasteiger partial charge in [-0.25, -0.2) is 13.2 Å². The average molecular weight is 561 g/mol. The molecule has 2 saturated heterocycles. The van der Waals surface area contributed by atoms with E-state index in [4.69, 9.17) is 16.0 Å². The monoisotopic (exact) mass is 560 g/mol. The third kappa shape index (κ3) is 5.02. The van der Waals surface area contributed by atoms with E-state index in [1.54, 1.807) is 40.7 Å². The summed E-state index contributed by atoms with van der Waals surface area (Å²) in [4.78, 5) is 27.0. The number of amides is 1. The number of nitrogens with one attached hydrogen (secondary N) is 1. The number of halogens is 1. The van der Waals surface area contributed by atoms with Crippen LogP contribution in [0.4, 0.5) is 5.69 Å². The molecule has 2 aliphatic heterocycles. The van der Waals surface area contributed by atoms with Gasteiger partial charge in [0.1, 0.15) is 0 Å². The maximum atomic E-state index is 13.5. The number of carbonyl (C=O) groups excluding carboxylic acids is 1. The number of rotatable bonds is 6. The van der Waals surface area contributed by atoms with E-state index in [2.05, 4.69) is 10.2 Å². The number of sulfonamides is 1. The lowest BCUT2D eigenvalue weighted by Crippen LogP contribution is -2.45. The second-order valence-electron chi connectivity index (χ2n) is 11.1. The van der Waals surface area contributed by atoms with Gasteiger partial charge in [-0.05, 0) is 88.9 Å². The Bertz CT molecular complexity index is 1540. The summed E-state index contributed by atoms with van der Waals surface area (Å²) < 4.78 is 35.5. The zero-order valence-corrected chi connectivity index (χ0v) is 23.4. The first-order valence-electron chi connectivity index (χ1n) is 12.9. The average Bonchev–Trinajstić information content (AvgIpc) is 3.32. The van der Waals surface area contributed by atoms with Crippen molar-refractivity contribution < 1.29 is 17.6 Å². The van der Waals surface area contributed by atoms with Gasteiger partial charge in [0.15, 0.2) is 5.58 Å². The van der Waals surface area contributed by atoms with E-state index < -0.39 is 21.3 Å². The molecule has 2 fully saturated rings. The van der Waals surface area contributed by atoms with E-state index in [-0.39, 0.29) is 22.8 Å². The van der Waals surface area contributed by atoms with E-state index in [9.17, 15) is 18.0 Å². The van der Waals surface area contributed by atoms with Crippen LogP contribution in [-0.2, 0) is 21.4 Å². The van der Waals surface area contributed by atoms with Crippen LogP contribution < -0.4 is 11.1 Å². The molecule has 1 aromatic heterocycles. The van der Waals surface area contributed by atoms with Crippen molar-refractivity contribution >= 4 is 44.3 Å². The molecule has 1 amide bonds. The van der Waals surface area contributed by atoms with Crippen LogP contribution in [0.15, 0.2) is 56.6 Å². The van der Waals surface area contributed by atoms with Crippen LogP contribution in [0.3, 0.4) is 0 Å². The molecule has 0 radical (unpaired) electrons. The molecular weight excluding hydrogens is 528 g/mol. The Labute approximate surface area is 227 Å². The normalized spacial score (nSPS) is 19.8. The summed E-state index contributed by atoms with van der Waals surface area (Å²) in [6.45, 7) is 8.46. The minimum atomic E-state index is -3.69. The molecule has 3 heterocycles. The largest absolute Gasteiger partial charge is 0.419 e. The van der Waals surface area contributed by atoms with Gasteiger partial charge in [-0.2, -0.15) is 4.31 Å². The highest BCUT2D eigenvalue weighted by molar-refractivity contribution is 7.89. The first-order chi connectivity index (χ1) is 17.9. The van der Waals surface area contributed by atoms with Crippen LogP contribution in [0.1, 0.15) is 40.0 Å². The van der Waals surface area contributed by atoms with Crippen LogP contribution in [0.2, 0.25) is 5.02 Å². The summed E-state index contributed by atoms with van der Waals surface area (Å²) >= 11 is 6.08. The molecule has 5 rings (SSSR count). The molecule has 0 bridgehead atoms. The molecule has 38 heavy (non-hydrogen) atoms. The minimum Gasteiger partial charge on any atom is -0.408 e. The van der Waals surface area contributed by atoms with Gasteiger partial charge in [0.05, 0.1) is 17.0 Å². The van der Waals surface area contributed by atoms with E-state index in [1.165, 1.54) is 10.6 Å². The van der Waals surface area contributed by atoms with E-state index in [0.29, 0.717) is 48.0 Å². The van der Waals surface area contributed by atoms with E-state index in [0.717, 1.165) is 19.3 Å². The molecule has 2 aliphatic rings. The molecule has 0 atom stereocenters. The summed E-state index contributed by atoms with van der Waals surface area (Å²) in [5.74, 6) is -0.559. The Morgan fingerprint density at radius 1 is 1.13 bits per heavy atom. The maximum Gasteiger partial charge on any atom is 0.419 e. The van der Waals surface area contributed by atoms with Gasteiger partial charge in [0, 0.05) is 35.4 Å². The molecule has 9 nitrogen and oxygen atoms in total. The van der Waals surface area contributed by atoms with Gasteiger partial charge in [0.2, 0.25) is 15.9 Å². The molecule has 11 heteroatoms. The van der Waals surface area contributed by atoms with Gasteiger partial charge < -0.3 is 9.73 Å². The highest BCUT2D eigenvalue weighted by Gasteiger charge is 2.53.